The van der Waals surface area contributed by atoms with Crippen molar-refractivity contribution in [1.82, 2.24) is 5.16 Å². The molecular weight excluding hydrogens is 244 g/mol. The third kappa shape index (κ3) is 3.81. The summed E-state index contributed by atoms with van der Waals surface area (Å²) in [6.07, 6.45) is 0.796. The van der Waals surface area contributed by atoms with E-state index in [9.17, 15) is 0 Å². The van der Waals surface area contributed by atoms with Crippen LogP contribution < -0.4 is 10.5 Å². The molecule has 0 radical (unpaired) electrons. The number of nitrogens with two attached hydrogens (primary N) is 1. The molecule has 0 bridgehead atoms. The van der Waals surface area contributed by atoms with E-state index in [0.29, 0.717) is 25.5 Å². The van der Waals surface area contributed by atoms with Crippen LogP contribution in [0.3, 0.4) is 0 Å². The van der Waals surface area contributed by atoms with E-state index < -0.39 is 0 Å². The zero-order chi connectivity index (χ0) is 13.5. The van der Waals surface area contributed by atoms with Gasteiger partial charge in [0.1, 0.15) is 24.7 Å². The van der Waals surface area contributed by atoms with Gasteiger partial charge in [0.2, 0.25) is 0 Å². The number of methoxy groups -OCH3 is 1. The predicted molar refractivity (Wildman–Crippen MR) is 70.7 cm³/mol. The number of hydrogen-bond donors (Lipinski definition) is 1. The van der Waals surface area contributed by atoms with Gasteiger partial charge >= 0.3 is 0 Å². The summed E-state index contributed by atoms with van der Waals surface area (Å²) >= 11 is 0. The third-order valence-electron chi connectivity index (χ3n) is 2.66. The molecule has 0 saturated heterocycles. The molecule has 19 heavy (non-hydrogen) atoms. The van der Waals surface area contributed by atoms with Crippen LogP contribution in [0, 0.1) is 0 Å². The van der Waals surface area contributed by atoms with Gasteiger partial charge in [-0.05, 0) is 24.6 Å². The first kappa shape index (κ1) is 13.6. The van der Waals surface area contributed by atoms with E-state index in [1.54, 1.807) is 7.11 Å². The standard InChI is InChI=1S/C14H18N2O3/c1-17-10-13-8-12(16-19-13)9-18-14-5-3-2-4-11(14)6-7-15/h2-5,8H,6-7,9-10,15H2,1H3. The van der Waals surface area contributed by atoms with Gasteiger partial charge < -0.3 is 19.7 Å². The minimum absolute atomic E-state index is 0.370. The lowest BCUT2D eigenvalue weighted by Crippen LogP contribution is -2.05. The maximum atomic E-state index is 5.75. The smallest absolute Gasteiger partial charge is 0.162 e. The molecule has 2 N–H and O–H groups in total. The monoisotopic (exact) mass is 262 g/mol. The van der Waals surface area contributed by atoms with E-state index in [2.05, 4.69) is 5.16 Å². The Bertz CT molecular complexity index is 511. The van der Waals surface area contributed by atoms with Gasteiger partial charge in [0.05, 0.1) is 0 Å². The highest BCUT2D eigenvalue weighted by Gasteiger charge is 2.06. The van der Waals surface area contributed by atoms with Crippen LogP contribution in [-0.2, 0) is 24.4 Å². The first-order chi connectivity index (χ1) is 9.33. The highest BCUT2D eigenvalue weighted by atomic mass is 16.5. The van der Waals surface area contributed by atoms with Crippen molar-refractivity contribution in [2.75, 3.05) is 13.7 Å². The van der Waals surface area contributed by atoms with Gasteiger partial charge in [0.15, 0.2) is 5.76 Å². The molecule has 102 valence electrons. The lowest BCUT2D eigenvalue weighted by Gasteiger charge is -2.09. The Morgan fingerprint density at radius 3 is 2.89 bits per heavy atom. The lowest BCUT2D eigenvalue weighted by atomic mass is 10.1. The van der Waals surface area contributed by atoms with Crippen molar-refractivity contribution >= 4 is 0 Å². The molecule has 1 aromatic heterocycles. The van der Waals surface area contributed by atoms with Gasteiger partial charge in [-0.1, -0.05) is 23.4 Å². The Balaban J connectivity index is 1.97. The summed E-state index contributed by atoms with van der Waals surface area (Å²) in [6, 6.07) is 9.69. The molecule has 2 rings (SSSR count). The van der Waals surface area contributed by atoms with Crippen LogP contribution in [0.1, 0.15) is 17.0 Å². The van der Waals surface area contributed by atoms with Gasteiger partial charge in [0, 0.05) is 13.2 Å². The van der Waals surface area contributed by atoms with Crippen molar-refractivity contribution in [1.29, 1.82) is 0 Å². The maximum Gasteiger partial charge on any atom is 0.162 e. The summed E-state index contributed by atoms with van der Waals surface area (Å²) in [5.41, 5.74) is 7.42. The SMILES string of the molecule is COCc1cc(COc2ccccc2CCN)no1. The first-order valence-electron chi connectivity index (χ1n) is 6.17. The van der Waals surface area contributed by atoms with Gasteiger partial charge in [0.25, 0.3) is 0 Å². The molecule has 1 aromatic carbocycles. The highest BCUT2D eigenvalue weighted by molar-refractivity contribution is 5.33. The fourth-order valence-electron chi connectivity index (χ4n) is 1.79. The van der Waals surface area contributed by atoms with Gasteiger partial charge in [-0.2, -0.15) is 0 Å². The first-order valence-corrected chi connectivity index (χ1v) is 6.17. The van der Waals surface area contributed by atoms with E-state index in [0.717, 1.165) is 23.4 Å². The Morgan fingerprint density at radius 2 is 2.11 bits per heavy atom. The van der Waals surface area contributed by atoms with Gasteiger partial charge in [-0.15, -0.1) is 0 Å². The number of para-hydroxylation sites is 1. The van der Waals surface area contributed by atoms with Gasteiger partial charge in [-0.25, -0.2) is 0 Å². The number of aromatic nitrogens is 1. The summed E-state index contributed by atoms with van der Waals surface area (Å²) in [6.45, 7) is 1.38. The fraction of sp³-hybridized carbons (Fsp3) is 0.357. The van der Waals surface area contributed by atoms with E-state index in [-0.39, 0.29) is 0 Å². The van der Waals surface area contributed by atoms with Crippen LogP contribution in [0.5, 0.6) is 5.75 Å². The largest absolute Gasteiger partial charge is 0.487 e. The van der Waals surface area contributed by atoms with Crippen LogP contribution >= 0.6 is 0 Å². The summed E-state index contributed by atoms with van der Waals surface area (Å²) in [5, 5.41) is 3.92. The molecule has 1 heterocycles. The number of rotatable bonds is 7. The topological polar surface area (TPSA) is 70.5 Å². The molecule has 0 unspecified atom stereocenters. The number of nitrogens with zero attached hydrogens (tertiary/aromatic N) is 1. The second kappa shape index (κ2) is 6.92. The second-order valence-corrected chi connectivity index (χ2v) is 4.15. The van der Waals surface area contributed by atoms with E-state index in [1.165, 1.54) is 0 Å². The van der Waals surface area contributed by atoms with Crippen molar-refractivity contribution in [2.45, 2.75) is 19.6 Å². The van der Waals surface area contributed by atoms with Crippen molar-refractivity contribution in [3.05, 3.63) is 47.3 Å². The molecule has 2 aromatic rings. The van der Waals surface area contributed by atoms with Crippen molar-refractivity contribution in [3.63, 3.8) is 0 Å². The third-order valence-corrected chi connectivity index (χ3v) is 2.66. The lowest BCUT2D eigenvalue weighted by molar-refractivity contribution is 0.155. The van der Waals surface area contributed by atoms with E-state index in [4.69, 9.17) is 19.7 Å². The van der Waals surface area contributed by atoms with Crippen LogP contribution in [0.2, 0.25) is 0 Å². The zero-order valence-corrected chi connectivity index (χ0v) is 11.0. The summed E-state index contributed by atoms with van der Waals surface area (Å²) in [5.74, 6) is 1.53. The van der Waals surface area contributed by atoms with E-state index in [1.807, 2.05) is 30.3 Å². The summed E-state index contributed by atoms with van der Waals surface area (Å²) in [7, 11) is 1.61. The van der Waals surface area contributed by atoms with Crippen molar-refractivity contribution in [2.24, 2.45) is 5.73 Å². The Hall–Kier alpha value is -1.85. The average Bonchev–Trinajstić information content (AvgIpc) is 2.86. The number of benzene rings is 1. The number of ether oxygens (including phenoxy) is 2. The second-order valence-electron chi connectivity index (χ2n) is 4.15. The molecule has 5 heteroatoms. The number of hydrogen-bond acceptors (Lipinski definition) is 5. The van der Waals surface area contributed by atoms with Crippen LogP contribution in [0.4, 0.5) is 0 Å². The molecule has 0 aliphatic heterocycles. The molecular formula is C14H18N2O3. The molecule has 0 amide bonds. The highest BCUT2D eigenvalue weighted by Crippen LogP contribution is 2.19. The normalized spacial score (nSPS) is 10.6. The molecule has 5 nitrogen and oxygen atoms in total. The zero-order valence-electron chi connectivity index (χ0n) is 11.0. The fourth-order valence-corrected chi connectivity index (χ4v) is 1.79. The Kier molecular flexibility index (Phi) is 4.94. The maximum absolute atomic E-state index is 5.75. The quantitative estimate of drug-likeness (QED) is 0.825. The molecule has 0 aliphatic carbocycles. The Labute approximate surface area is 112 Å². The molecule has 0 spiro atoms. The van der Waals surface area contributed by atoms with Gasteiger partial charge in [-0.3, -0.25) is 0 Å². The van der Waals surface area contributed by atoms with Crippen LogP contribution in [0.15, 0.2) is 34.9 Å². The Morgan fingerprint density at radius 1 is 1.26 bits per heavy atom. The van der Waals surface area contributed by atoms with Crippen molar-refractivity contribution in [3.8, 4) is 5.75 Å². The minimum atomic E-state index is 0.370. The summed E-state index contributed by atoms with van der Waals surface area (Å²) in [4.78, 5) is 0. The minimum Gasteiger partial charge on any atom is -0.487 e. The van der Waals surface area contributed by atoms with Crippen LogP contribution in [0.25, 0.3) is 0 Å². The van der Waals surface area contributed by atoms with Crippen LogP contribution in [-0.4, -0.2) is 18.8 Å². The average molecular weight is 262 g/mol. The molecule has 0 saturated carbocycles. The molecule has 0 atom stereocenters. The van der Waals surface area contributed by atoms with E-state index >= 15 is 0 Å². The molecule has 0 aliphatic rings. The predicted octanol–water partition coefficient (Wildman–Crippen LogP) is 1.90. The molecule has 0 fully saturated rings. The summed E-state index contributed by atoms with van der Waals surface area (Å²) < 4.78 is 15.8. The van der Waals surface area contributed by atoms with Crippen molar-refractivity contribution < 1.29 is 14.0 Å².